The standard InChI is InChI=1S/C11H7Br2ClOS/c12-7-1-3-9(14)10(5-7)15-6-8-2-4-11(13)16-8/h1-5H,6H2. The minimum Gasteiger partial charge on any atom is -0.486 e. The molecule has 5 heteroatoms. The maximum absolute atomic E-state index is 6.02. The summed E-state index contributed by atoms with van der Waals surface area (Å²) in [6, 6.07) is 9.60. The van der Waals surface area contributed by atoms with Gasteiger partial charge in [-0.15, -0.1) is 11.3 Å². The second-order valence-electron chi connectivity index (χ2n) is 3.07. The maximum atomic E-state index is 6.02. The Hall–Kier alpha value is -0.0300. The van der Waals surface area contributed by atoms with Crippen molar-refractivity contribution >= 4 is 54.8 Å². The predicted molar refractivity (Wildman–Crippen MR) is 75.5 cm³/mol. The highest BCUT2D eigenvalue weighted by molar-refractivity contribution is 9.11. The van der Waals surface area contributed by atoms with Gasteiger partial charge in [-0.25, -0.2) is 0 Å². The topological polar surface area (TPSA) is 9.23 Å². The van der Waals surface area contributed by atoms with Crippen LogP contribution in [0.25, 0.3) is 0 Å². The van der Waals surface area contributed by atoms with E-state index in [4.69, 9.17) is 16.3 Å². The summed E-state index contributed by atoms with van der Waals surface area (Å²) in [5, 5.41) is 0.624. The second-order valence-corrected chi connectivity index (χ2v) is 6.94. The molecule has 0 atom stereocenters. The Labute approximate surface area is 120 Å². The highest BCUT2D eigenvalue weighted by atomic mass is 79.9. The van der Waals surface area contributed by atoms with Crippen molar-refractivity contribution in [3.05, 3.63) is 48.5 Å². The van der Waals surface area contributed by atoms with Crippen molar-refractivity contribution in [2.45, 2.75) is 6.61 Å². The Kier molecular flexibility index (Phi) is 4.30. The minimum absolute atomic E-state index is 0.534. The number of hydrogen-bond acceptors (Lipinski definition) is 2. The SMILES string of the molecule is Clc1ccc(Br)cc1OCc1ccc(Br)s1. The van der Waals surface area contributed by atoms with Crippen LogP contribution in [0.2, 0.25) is 5.02 Å². The van der Waals surface area contributed by atoms with Gasteiger partial charge < -0.3 is 4.74 Å². The van der Waals surface area contributed by atoms with Gasteiger partial charge in [0, 0.05) is 9.35 Å². The van der Waals surface area contributed by atoms with Crippen LogP contribution < -0.4 is 4.74 Å². The Balaban J connectivity index is 2.07. The lowest BCUT2D eigenvalue weighted by atomic mass is 10.3. The Bertz CT molecular complexity index is 498. The molecule has 0 N–H and O–H groups in total. The first-order chi connectivity index (χ1) is 7.65. The summed E-state index contributed by atoms with van der Waals surface area (Å²) < 4.78 is 7.71. The van der Waals surface area contributed by atoms with Crippen LogP contribution in [-0.2, 0) is 6.61 Å². The first-order valence-corrected chi connectivity index (χ1v) is 7.25. The van der Waals surface area contributed by atoms with Gasteiger partial charge in [-0.05, 0) is 46.3 Å². The summed E-state index contributed by atoms with van der Waals surface area (Å²) >= 11 is 14.5. The molecule has 0 aliphatic carbocycles. The van der Waals surface area contributed by atoms with E-state index in [1.54, 1.807) is 11.3 Å². The molecule has 0 radical (unpaired) electrons. The summed E-state index contributed by atoms with van der Waals surface area (Å²) in [7, 11) is 0. The van der Waals surface area contributed by atoms with Crippen LogP contribution in [0, 0.1) is 0 Å². The molecule has 0 saturated heterocycles. The molecular formula is C11H7Br2ClOS. The molecule has 0 spiro atoms. The molecule has 16 heavy (non-hydrogen) atoms. The summed E-state index contributed by atoms with van der Waals surface area (Å²) in [5.74, 6) is 0.695. The fourth-order valence-corrected chi connectivity index (χ4v) is 3.07. The van der Waals surface area contributed by atoms with E-state index in [0.29, 0.717) is 17.4 Å². The lowest BCUT2D eigenvalue weighted by Crippen LogP contribution is -1.93. The molecule has 0 amide bonds. The van der Waals surface area contributed by atoms with Crippen LogP contribution in [0.1, 0.15) is 4.88 Å². The Morgan fingerprint density at radius 3 is 2.69 bits per heavy atom. The average Bonchev–Trinajstić information content (AvgIpc) is 2.66. The zero-order valence-corrected chi connectivity index (χ0v) is 12.8. The van der Waals surface area contributed by atoms with Crippen LogP contribution in [0.15, 0.2) is 38.6 Å². The van der Waals surface area contributed by atoms with E-state index in [1.165, 1.54) is 0 Å². The van der Waals surface area contributed by atoms with Crippen LogP contribution in [-0.4, -0.2) is 0 Å². The molecule has 1 aromatic carbocycles. The number of hydrogen-bond donors (Lipinski definition) is 0. The highest BCUT2D eigenvalue weighted by Crippen LogP contribution is 2.30. The van der Waals surface area contributed by atoms with Crippen LogP contribution in [0.5, 0.6) is 5.75 Å². The van der Waals surface area contributed by atoms with Crippen molar-refractivity contribution in [2.75, 3.05) is 0 Å². The van der Waals surface area contributed by atoms with Crippen LogP contribution >= 0.6 is 54.8 Å². The summed E-state index contributed by atoms with van der Waals surface area (Å²) in [5.41, 5.74) is 0. The quantitative estimate of drug-likeness (QED) is 0.681. The normalized spacial score (nSPS) is 10.4. The number of benzene rings is 1. The molecule has 1 nitrogen and oxygen atoms in total. The number of thiophene rings is 1. The predicted octanol–water partition coefficient (Wildman–Crippen LogP) is 5.51. The Morgan fingerprint density at radius 1 is 1.19 bits per heavy atom. The van der Waals surface area contributed by atoms with Gasteiger partial charge in [0.05, 0.1) is 8.81 Å². The first-order valence-electron chi connectivity index (χ1n) is 4.47. The molecule has 0 aliphatic heterocycles. The molecule has 2 rings (SSSR count). The van der Waals surface area contributed by atoms with E-state index in [-0.39, 0.29) is 0 Å². The summed E-state index contributed by atoms with van der Waals surface area (Å²) in [6.45, 7) is 0.534. The number of ether oxygens (including phenoxy) is 1. The maximum Gasteiger partial charge on any atom is 0.139 e. The second kappa shape index (κ2) is 5.54. The van der Waals surface area contributed by atoms with Crippen molar-refractivity contribution in [1.29, 1.82) is 0 Å². The van der Waals surface area contributed by atoms with Crippen molar-refractivity contribution < 1.29 is 4.74 Å². The molecule has 0 fully saturated rings. The van der Waals surface area contributed by atoms with Gasteiger partial charge in [-0.1, -0.05) is 27.5 Å². The van der Waals surface area contributed by atoms with Crippen molar-refractivity contribution in [3.63, 3.8) is 0 Å². The van der Waals surface area contributed by atoms with Gasteiger partial charge >= 0.3 is 0 Å². The molecule has 1 heterocycles. The molecule has 2 aromatic rings. The van der Waals surface area contributed by atoms with Gasteiger partial charge in [0.15, 0.2) is 0 Å². The van der Waals surface area contributed by atoms with Gasteiger partial charge in [0.1, 0.15) is 12.4 Å². The average molecular weight is 383 g/mol. The van der Waals surface area contributed by atoms with Crippen molar-refractivity contribution in [2.24, 2.45) is 0 Å². The van der Waals surface area contributed by atoms with Gasteiger partial charge in [-0.2, -0.15) is 0 Å². The van der Waals surface area contributed by atoms with Crippen LogP contribution in [0.3, 0.4) is 0 Å². The van der Waals surface area contributed by atoms with E-state index in [0.717, 1.165) is 13.1 Å². The van der Waals surface area contributed by atoms with Gasteiger partial charge in [-0.3, -0.25) is 0 Å². The van der Waals surface area contributed by atoms with Crippen LogP contribution in [0.4, 0.5) is 0 Å². The van der Waals surface area contributed by atoms with E-state index in [1.807, 2.05) is 30.3 Å². The number of halogens is 3. The molecule has 0 unspecified atom stereocenters. The van der Waals surface area contributed by atoms with E-state index < -0.39 is 0 Å². The molecule has 0 aliphatic rings. The lowest BCUT2D eigenvalue weighted by Gasteiger charge is -2.06. The van der Waals surface area contributed by atoms with E-state index in [2.05, 4.69) is 31.9 Å². The smallest absolute Gasteiger partial charge is 0.139 e. The fourth-order valence-electron chi connectivity index (χ4n) is 1.17. The highest BCUT2D eigenvalue weighted by Gasteiger charge is 2.04. The van der Waals surface area contributed by atoms with Crippen molar-refractivity contribution in [1.82, 2.24) is 0 Å². The van der Waals surface area contributed by atoms with Crippen molar-refractivity contribution in [3.8, 4) is 5.75 Å². The van der Waals surface area contributed by atoms with E-state index in [9.17, 15) is 0 Å². The summed E-state index contributed by atoms with van der Waals surface area (Å²) in [6.07, 6.45) is 0. The largest absolute Gasteiger partial charge is 0.486 e. The first kappa shape index (κ1) is 12.4. The third-order valence-electron chi connectivity index (χ3n) is 1.89. The Morgan fingerprint density at radius 2 is 2.00 bits per heavy atom. The lowest BCUT2D eigenvalue weighted by molar-refractivity contribution is 0.310. The van der Waals surface area contributed by atoms with Gasteiger partial charge in [0.2, 0.25) is 0 Å². The third kappa shape index (κ3) is 3.23. The molecule has 0 saturated carbocycles. The molecule has 84 valence electrons. The zero-order valence-electron chi connectivity index (χ0n) is 8.04. The molecular weight excluding hydrogens is 375 g/mol. The van der Waals surface area contributed by atoms with E-state index >= 15 is 0 Å². The minimum atomic E-state index is 0.534. The zero-order chi connectivity index (χ0) is 11.5. The fraction of sp³-hybridized carbons (Fsp3) is 0.0909. The van der Waals surface area contributed by atoms with Gasteiger partial charge in [0.25, 0.3) is 0 Å². The third-order valence-corrected chi connectivity index (χ3v) is 4.29. The number of rotatable bonds is 3. The summed E-state index contributed by atoms with van der Waals surface area (Å²) in [4.78, 5) is 1.16. The monoisotopic (exact) mass is 380 g/mol. The molecule has 1 aromatic heterocycles. The molecule has 0 bridgehead atoms.